The molecule has 0 aliphatic rings. The average molecular weight is 271 g/mol. The molecule has 0 saturated carbocycles. The first-order valence-corrected chi connectivity index (χ1v) is 6.65. The molecule has 1 rings (SSSR count). The van der Waals surface area contributed by atoms with Crippen molar-refractivity contribution >= 4 is 28.8 Å². The van der Waals surface area contributed by atoms with Gasteiger partial charge in [0.2, 0.25) is 0 Å². The normalized spacial score (nSPS) is 10.3. The number of carbonyl (C=O) groups is 1. The first-order valence-electron chi connectivity index (χ1n) is 5.46. The molecule has 0 aliphatic heterocycles. The van der Waals surface area contributed by atoms with Crippen molar-refractivity contribution in [2.24, 2.45) is 5.92 Å². The lowest BCUT2D eigenvalue weighted by Gasteiger charge is -2.22. The first-order chi connectivity index (χ1) is 8.04. The highest BCUT2D eigenvalue weighted by Crippen LogP contribution is 2.23. The summed E-state index contributed by atoms with van der Waals surface area (Å²) in [5.74, 6) is 0.346. The minimum absolute atomic E-state index is 0.0362. The van der Waals surface area contributed by atoms with Crippen LogP contribution in [0.3, 0.4) is 0 Å². The molecule has 17 heavy (non-hydrogen) atoms. The van der Waals surface area contributed by atoms with E-state index >= 15 is 0 Å². The molecule has 3 nitrogen and oxygen atoms in total. The Morgan fingerprint density at radius 3 is 2.76 bits per heavy atom. The Morgan fingerprint density at radius 1 is 1.59 bits per heavy atom. The highest BCUT2D eigenvalue weighted by Gasteiger charge is 2.18. The van der Waals surface area contributed by atoms with Crippen LogP contribution in [0.1, 0.15) is 29.9 Å². The predicted molar refractivity (Wildman–Crippen MR) is 70.3 cm³/mol. The Labute approximate surface area is 111 Å². The molecular weight excluding hydrogens is 256 g/mol. The number of nitriles is 1. The van der Waals surface area contributed by atoms with Crippen molar-refractivity contribution in [3.63, 3.8) is 0 Å². The topological polar surface area (TPSA) is 44.1 Å². The maximum atomic E-state index is 12.2. The smallest absolute Gasteiger partial charge is 0.264 e. The molecule has 0 bridgehead atoms. The van der Waals surface area contributed by atoms with E-state index in [2.05, 4.69) is 6.07 Å². The highest BCUT2D eigenvalue weighted by molar-refractivity contribution is 7.17. The quantitative estimate of drug-likeness (QED) is 0.823. The van der Waals surface area contributed by atoms with Gasteiger partial charge in [-0.1, -0.05) is 25.4 Å². The minimum Gasteiger partial charge on any atom is -0.337 e. The Balaban J connectivity index is 2.75. The number of amides is 1. The van der Waals surface area contributed by atoms with E-state index in [9.17, 15) is 4.79 Å². The standard InChI is InChI=1S/C12H15ClN2OS/c1-9(2)8-15(7-3-6-14)12(16)10-4-5-11(13)17-10/h4-5,9H,3,7-8H2,1-2H3. The molecule has 0 spiro atoms. The third kappa shape index (κ3) is 4.37. The average Bonchev–Trinajstić information content (AvgIpc) is 2.69. The van der Waals surface area contributed by atoms with Crippen molar-refractivity contribution in [3.8, 4) is 6.07 Å². The van der Waals surface area contributed by atoms with Crippen LogP contribution in [0, 0.1) is 17.2 Å². The van der Waals surface area contributed by atoms with Crippen LogP contribution in [-0.4, -0.2) is 23.9 Å². The van der Waals surface area contributed by atoms with Gasteiger partial charge in [-0.2, -0.15) is 5.26 Å². The van der Waals surface area contributed by atoms with Gasteiger partial charge in [0.25, 0.3) is 5.91 Å². The lowest BCUT2D eigenvalue weighted by Crippen LogP contribution is -2.34. The largest absolute Gasteiger partial charge is 0.337 e. The lowest BCUT2D eigenvalue weighted by molar-refractivity contribution is 0.0745. The van der Waals surface area contributed by atoms with E-state index in [1.54, 1.807) is 17.0 Å². The molecule has 1 aromatic rings. The molecule has 1 heterocycles. The van der Waals surface area contributed by atoms with Gasteiger partial charge in [-0.05, 0) is 18.1 Å². The molecule has 0 fully saturated rings. The van der Waals surface area contributed by atoms with E-state index < -0.39 is 0 Å². The summed E-state index contributed by atoms with van der Waals surface area (Å²) >= 11 is 7.09. The SMILES string of the molecule is CC(C)CN(CCC#N)C(=O)c1ccc(Cl)s1. The molecule has 1 aromatic heterocycles. The van der Waals surface area contributed by atoms with Crippen LogP contribution in [0.15, 0.2) is 12.1 Å². The van der Waals surface area contributed by atoms with Crippen molar-refractivity contribution in [2.45, 2.75) is 20.3 Å². The molecule has 1 amide bonds. The van der Waals surface area contributed by atoms with Crippen LogP contribution < -0.4 is 0 Å². The monoisotopic (exact) mass is 270 g/mol. The Bertz CT molecular complexity index is 422. The second-order valence-corrected chi connectivity index (χ2v) is 5.87. The van der Waals surface area contributed by atoms with E-state index in [4.69, 9.17) is 16.9 Å². The summed E-state index contributed by atoms with van der Waals surface area (Å²) in [5.41, 5.74) is 0. The van der Waals surface area contributed by atoms with E-state index in [0.29, 0.717) is 34.6 Å². The van der Waals surface area contributed by atoms with Gasteiger partial charge in [-0.3, -0.25) is 4.79 Å². The molecule has 0 aliphatic carbocycles. The van der Waals surface area contributed by atoms with Gasteiger partial charge in [0.15, 0.2) is 0 Å². The van der Waals surface area contributed by atoms with Crippen molar-refractivity contribution in [1.82, 2.24) is 4.90 Å². The summed E-state index contributed by atoms with van der Waals surface area (Å²) in [6.07, 6.45) is 0.359. The van der Waals surface area contributed by atoms with Crippen molar-refractivity contribution < 1.29 is 4.79 Å². The van der Waals surface area contributed by atoms with Crippen LogP contribution in [-0.2, 0) is 0 Å². The Morgan fingerprint density at radius 2 is 2.29 bits per heavy atom. The van der Waals surface area contributed by atoms with E-state index in [0.717, 1.165) is 0 Å². The minimum atomic E-state index is -0.0362. The van der Waals surface area contributed by atoms with Crippen LogP contribution in [0.4, 0.5) is 0 Å². The molecule has 92 valence electrons. The van der Waals surface area contributed by atoms with Gasteiger partial charge in [0.1, 0.15) is 0 Å². The molecule has 5 heteroatoms. The Hall–Kier alpha value is -1.05. The number of thiophene rings is 1. The Kier molecular flexibility index (Phi) is 5.46. The van der Waals surface area contributed by atoms with E-state index in [1.165, 1.54) is 11.3 Å². The van der Waals surface area contributed by atoms with Crippen LogP contribution in [0.5, 0.6) is 0 Å². The molecule has 0 aromatic carbocycles. The molecule has 0 radical (unpaired) electrons. The predicted octanol–water partition coefficient (Wildman–Crippen LogP) is 3.41. The third-order valence-electron chi connectivity index (χ3n) is 2.15. The fourth-order valence-corrected chi connectivity index (χ4v) is 2.50. The van der Waals surface area contributed by atoms with Gasteiger partial charge in [0, 0.05) is 13.1 Å². The molecular formula is C12H15ClN2OS. The molecule has 0 N–H and O–H groups in total. The summed E-state index contributed by atoms with van der Waals surface area (Å²) in [4.78, 5) is 14.5. The van der Waals surface area contributed by atoms with Crippen molar-refractivity contribution in [1.29, 1.82) is 5.26 Å². The summed E-state index contributed by atoms with van der Waals surface area (Å²) in [6.45, 7) is 5.24. The van der Waals surface area contributed by atoms with Crippen LogP contribution >= 0.6 is 22.9 Å². The second-order valence-electron chi connectivity index (χ2n) is 4.16. The number of hydrogen-bond acceptors (Lipinski definition) is 3. The van der Waals surface area contributed by atoms with Gasteiger partial charge < -0.3 is 4.90 Å². The summed E-state index contributed by atoms with van der Waals surface area (Å²) in [6, 6.07) is 5.52. The fourth-order valence-electron chi connectivity index (χ4n) is 1.49. The second kappa shape index (κ2) is 6.63. The van der Waals surface area contributed by atoms with Crippen molar-refractivity contribution in [3.05, 3.63) is 21.3 Å². The maximum absolute atomic E-state index is 12.2. The van der Waals surface area contributed by atoms with Gasteiger partial charge in [-0.25, -0.2) is 0 Å². The lowest BCUT2D eigenvalue weighted by atomic mass is 10.2. The zero-order valence-electron chi connectivity index (χ0n) is 9.94. The maximum Gasteiger partial charge on any atom is 0.264 e. The molecule has 0 saturated heterocycles. The van der Waals surface area contributed by atoms with Gasteiger partial charge in [0.05, 0.1) is 21.7 Å². The first kappa shape index (κ1) is 14.0. The summed E-state index contributed by atoms with van der Waals surface area (Å²) in [7, 11) is 0. The third-order valence-corrected chi connectivity index (χ3v) is 3.37. The number of nitrogens with zero attached hydrogens (tertiary/aromatic N) is 2. The number of hydrogen-bond donors (Lipinski definition) is 0. The number of carbonyl (C=O) groups excluding carboxylic acids is 1. The van der Waals surface area contributed by atoms with Crippen LogP contribution in [0.2, 0.25) is 4.34 Å². The van der Waals surface area contributed by atoms with Gasteiger partial charge in [-0.15, -0.1) is 11.3 Å². The summed E-state index contributed by atoms with van der Waals surface area (Å²) in [5, 5.41) is 8.60. The zero-order chi connectivity index (χ0) is 12.8. The molecule has 0 atom stereocenters. The van der Waals surface area contributed by atoms with Gasteiger partial charge >= 0.3 is 0 Å². The zero-order valence-corrected chi connectivity index (χ0v) is 11.5. The van der Waals surface area contributed by atoms with Crippen molar-refractivity contribution in [2.75, 3.05) is 13.1 Å². The summed E-state index contributed by atoms with van der Waals surface area (Å²) < 4.78 is 0.609. The van der Waals surface area contributed by atoms with Crippen LogP contribution in [0.25, 0.3) is 0 Å². The molecule has 0 unspecified atom stereocenters. The number of rotatable bonds is 5. The fraction of sp³-hybridized carbons (Fsp3) is 0.500. The highest BCUT2D eigenvalue weighted by atomic mass is 35.5. The van der Waals surface area contributed by atoms with E-state index in [1.807, 2.05) is 13.8 Å². The van der Waals surface area contributed by atoms with E-state index in [-0.39, 0.29) is 5.91 Å². The number of halogens is 1.